The molecule has 5 nitrogen and oxygen atoms in total. The molecule has 0 spiro atoms. The number of sulfone groups is 1. The molecule has 1 fully saturated rings. The number of nitrogens with zero attached hydrogens (tertiary/aromatic N) is 2. The van der Waals surface area contributed by atoms with Crippen LogP contribution in [0.2, 0.25) is 0 Å². The minimum Gasteiger partial charge on any atom is -0.335 e. The Hall–Kier alpha value is -1.43. The van der Waals surface area contributed by atoms with Crippen LogP contribution in [0.3, 0.4) is 0 Å². The highest BCUT2D eigenvalue weighted by molar-refractivity contribution is 7.91. The second-order valence-electron chi connectivity index (χ2n) is 4.39. The smallest absolute Gasteiger partial charge is 0.255 e. The summed E-state index contributed by atoms with van der Waals surface area (Å²) in [6.45, 7) is 2.37. The van der Waals surface area contributed by atoms with Crippen LogP contribution in [-0.4, -0.2) is 48.3 Å². The number of pyridine rings is 1. The fourth-order valence-corrected chi connectivity index (χ4v) is 3.97. The summed E-state index contributed by atoms with van der Waals surface area (Å²) in [4.78, 5) is 17.8. The standard InChI is InChI=1S/C12H16N2O3S/c1-2-14(11-5-7-18(16,17)9-11)12(15)10-4-3-6-13-8-10/h3-4,6,8,11H,2,5,7,9H2,1H3. The van der Waals surface area contributed by atoms with Gasteiger partial charge in [-0.25, -0.2) is 8.42 Å². The van der Waals surface area contributed by atoms with Gasteiger partial charge in [-0.3, -0.25) is 9.78 Å². The lowest BCUT2D eigenvalue weighted by atomic mass is 10.1. The molecule has 1 atom stereocenters. The predicted octanol–water partition coefficient (Wildman–Crippen LogP) is 0.731. The molecule has 1 aliphatic rings. The van der Waals surface area contributed by atoms with Crippen LogP contribution in [-0.2, 0) is 9.84 Å². The number of hydrogen-bond donors (Lipinski definition) is 0. The third-order valence-corrected chi connectivity index (χ3v) is 4.91. The van der Waals surface area contributed by atoms with Crippen molar-refractivity contribution in [3.8, 4) is 0 Å². The van der Waals surface area contributed by atoms with Gasteiger partial charge in [-0.2, -0.15) is 0 Å². The number of rotatable bonds is 3. The molecule has 1 amide bonds. The van der Waals surface area contributed by atoms with Crippen molar-refractivity contribution in [2.75, 3.05) is 18.1 Å². The van der Waals surface area contributed by atoms with Crippen LogP contribution in [0.25, 0.3) is 0 Å². The van der Waals surface area contributed by atoms with Gasteiger partial charge in [0.25, 0.3) is 5.91 Å². The van der Waals surface area contributed by atoms with Crippen LogP contribution < -0.4 is 0 Å². The van der Waals surface area contributed by atoms with Crippen LogP contribution >= 0.6 is 0 Å². The van der Waals surface area contributed by atoms with E-state index in [0.29, 0.717) is 18.5 Å². The summed E-state index contributed by atoms with van der Waals surface area (Å²) in [5.41, 5.74) is 0.503. The van der Waals surface area contributed by atoms with Gasteiger partial charge in [0.15, 0.2) is 9.84 Å². The Balaban J connectivity index is 2.17. The van der Waals surface area contributed by atoms with E-state index < -0.39 is 9.84 Å². The first-order chi connectivity index (χ1) is 8.53. The molecule has 2 heterocycles. The Morgan fingerprint density at radius 1 is 1.56 bits per heavy atom. The number of hydrogen-bond acceptors (Lipinski definition) is 4. The van der Waals surface area contributed by atoms with E-state index in [1.165, 1.54) is 6.20 Å². The van der Waals surface area contributed by atoms with Crippen LogP contribution in [0.15, 0.2) is 24.5 Å². The molecule has 0 bridgehead atoms. The van der Waals surface area contributed by atoms with Crippen molar-refractivity contribution in [1.29, 1.82) is 0 Å². The summed E-state index contributed by atoms with van der Waals surface area (Å²) in [5, 5.41) is 0. The van der Waals surface area contributed by atoms with E-state index in [1.54, 1.807) is 23.2 Å². The molecule has 0 N–H and O–H groups in total. The Bertz CT molecular complexity index is 528. The Kier molecular flexibility index (Phi) is 3.65. The van der Waals surface area contributed by atoms with Crippen molar-refractivity contribution < 1.29 is 13.2 Å². The molecule has 1 saturated heterocycles. The molecular formula is C12H16N2O3S. The molecule has 1 unspecified atom stereocenters. The average Bonchev–Trinajstić information content (AvgIpc) is 2.71. The van der Waals surface area contributed by atoms with E-state index in [-0.39, 0.29) is 23.5 Å². The zero-order chi connectivity index (χ0) is 13.2. The van der Waals surface area contributed by atoms with Crippen LogP contribution in [0.4, 0.5) is 0 Å². The zero-order valence-electron chi connectivity index (χ0n) is 10.2. The summed E-state index contributed by atoms with van der Waals surface area (Å²) in [5.74, 6) is 0.106. The lowest BCUT2D eigenvalue weighted by Gasteiger charge is -2.26. The fourth-order valence-electron chi connectivity index (χ4n) is 2.24. The lowest BCUT2D eigenvalue weighted by Crippen LogP contribution is -2.41. The normalized spacial score (nSPS) is 21.7. The van der Waals surface area contributed by atoms with Crippen LogP contribution in [0, 0.1) is 0 Å². The molecule has 18 heavy (non-hydrogen) atoms. The lowest BCUT2D eigenvalue weighted by molar-refractivity contribution is 0.0708. The van der Waals surface area contributed by atoms with Crippen molar-refractivity contribution in [2.24, 2.45) is 0 Å². The van der Waals surface area contributed by atoms with E-state index >= 15 is 0 Å². The van der Waals surface area contributed by atoms with Crippen molar-refractivity contribution in [2.45, 2.75) is 19.4 Å². The summed E-state index contributed by atoms with van der Waals surface area (Å²) < 4.78 is 22.9. The molecule has 98 valence electrons. The summed E-state index contributed by atoms with van der Waals surface area (Å²) in [6, 6.07) is 3.20. The van der Waals surface area contributed by atoms with E-state index in [4.69, 9.17) is 0 Å². The molecule has 2 rings (SSSR count). The second kappa shape index (κ2) is 5.06. The van der Waals surface area contributed by atoms with Gasteiger partial charge in [0.05, 0.1) is 17.1 Å². The molecule has 1 aromatic heterocycles. The molecule has 0 aromatic carbocycles. The zero-order valence-corrected chi connectivity index (χ0v) is 11.1. The molecule has 0 aliphatic carbocycles. The quantitative estimate of drug-likeness (QED) is 0.810. The van der Waals surface area contributed by atoms with Gasteiger partial charge >= 0.3 is 0 Å². The maximum Gasteiger partial charge on any atom is 0.255 e. The monoisotopic (exact) mass is 268 g/mol. The fraction of sp³-hybridized carbons (Fsp3) is 0.500. The maximum absolute atomic E-state index is 12.3. The van der Waals surface area contributed by atoms with Crippen LogP contribution in [0.1, 0.15) is 23.7 Å². The predicted molar refractivity (Wildman–Crippen MR) is 68.0 cm³/mol. The molecule has 1 aromatic rings. The SMILES string of the molecule is CCN(C(=O)c1cccnc1)C1CCS(=O)(=O)C1. The van der Waals surface area contributed by atoms with Crippen molar-refractivity contribution >= 4 is 15.7 Å². The average molecular weight is 268 g/mol. The van der Waals surface area contributed by atoms with Gasteiger partial charge in [0.2, 0.25) is 0 Å². The third kappa shape index (κ3) is 2.69. The van der Waals surface area contributed by atoms with Gasteiger partial charge in [-0.15, -0.1) is 0 Å². The number of amides is 1. The highest BCUT2D eigenvalue weighted by Crippen LogP contribution is 2.19. The van der Waals surface area contributed by atoms with Crippen molar-refractivity contribution in [1.82, 2.24) is 9.88 Å². The van der Waals surface area contributed by atoms with Gasteiger partial charge < -0.3 is 4.90 Å². The minimum atomic E-state index is -2.98. The Morgan fingerprint density at radius 3 is 2.83 bits per heavy atom. The maximum atomic E-state index is 12.3. The largest absolute Gasteiger partial charge is 0.335 e. The first-order valence-corrected chi connectivity index (χ1v) is 7.77. The van der Waals surface area contributed by atoms with E-state index in [1.807, 2.05) is 6.92 Å². The van der Waals surface area contributed by atoms with Gasteiger partial charge in [0, 0.05) is 25.0 Å². The van der Waals surface area contributed by atoms with E-state index in [0.717, 1.165) is 0 Å². The van der Waals surface area contributed by atoms with Crippen molar-refractivity contribution in [3.05, 3.63) is 30.1 Å². The summed E-state index contributed by atoms with van der Waals surface area (Å²) >= 11 is 0. The Labute approximate surface area is 107 Å². The topological polar surface area (TPSA) is 67.3 Å². The van der Waals surface area contributed by atoms with Crippen molar-refractivity contribution in [3.63, 3.8) is 0 Å². The summed E-state index contributed by atoms with van der Waals surface area (Å²) in [7, 11) is -2.98. The van der Waals surface area contributed by atoms with Gasteiger partial charge in [0.1, 0.15) is 0 Å². The number of carbonyl (C=O) groups is 1. The summed E-state index contributed by atoms with van der Waals surface area (Å²) in [6.07, 6.45) is 3.64. The number of carbonyl (C=O) groups excluding carboxylic acids is 1. The second-order valence-corrected chi connectivity index (χ2v) is 6.62. The number of aromatic nitrogens is 1. The first-order valence-electron chi connectivity index (χ1n) is 5.95. The molecule has 6 heteroatoms. The van der Waals surface area contributed by atoms with Gasteiger partial charge in [-0.1, -0.05) is 0 Å². The molecule has 0 saturated carbocycles. The van der Waals surface area contributed by atoms with Gasteiger partial charge in [-0.05, 0) is 25.5 Å². The highest BCUT2D eigenvalue weighted by Gasteiger charge is 2.34. The van der Waals surface area contributed by atoms with E-state index in [2.05, 4.69) is 4.98 Å². The molecule has 0 radical (unpaired) electrons. The highest BCUT2D eigenvalue weighted by atomic mass is 32.2. The molecular weight excluding hydrogens is 252 g/mol. The first kappa shape index (κ1) is 13.0. The minimum absolute atomic E-state index is 0.0762. The Morgan fingerprint density at radius 2 is 2.33 bits per heavy atom. The van der Waals surface area contributed by atoms with Crippen LogP contribution in [0.5, 0.6) is 0 Å². The molecule has 1 aliphatic heterocycles. The third-order valence-electron chi connectivity index (χ3n) is 3.16. The van der Waals surface area contributed by atoms with E-state index in [9.17, 15) is 13.2 Å².